The van der Waals surface area contributed by atoms with Gasteiger partial charge < -0.3 is 19.4 Å². The number of para-hydroxylation sites is 1. The highest BCUT2D eigenvalue weighted by molar-refractivity contribution is 6.01. The van der Waals surface area contributed by atoms with Crippen molar-refractivity contribution >= 4 is 29.0 Å². The Hall–Kier alpha value is -4.15. The number of esters is 1. The number of hydrogen-bond donors (Lipinski definition) is 0. The Morgan fingerprint density at radius 3 is 2.26 bits per heavy atom. The standard InChI is InChI=1S/C28H25F5N4O2/c1-39-25(38)17-24-22-6-3-7-23(30)26(22)34-27(37(24)21-5-2-4-18(16-21)28(31,32)33)36-14-12-35(13-15-36)20-10-8-19(29)9-11-20/h2-11,16,24H,12-15,17H2,1H3. The van der Waals surface area contributed by atoms with E-state index in [0.717, 1.165) is 17.8 Å². The van der Waals surface area contributed by atoms with E-state index in [4.69, 9.17) is 4.74 Å². The Morgan fingerprint density at radius 1 is 0.923 bits per heavy atom. The molecule has 1 fully saturated rings. The quantitative estimate of drug-likeness (QED) is 0.302. The maximum Gasteiger partial charge on any atom is 0.416 e. The highest BCUT2D eigenvalue weighted by atomic mass is 19.4. The van der Waals surface area contributed by atoms with Crippen LogP contribution in [0.15, 0.2) is 71.7 Å². The molecule has 1 saturated heterocycles. The number of halogens is 5. The molecule has 39 heavy (non-hydrogen) atoms. The minimum absolute atomic E-state index is 0.0330. The lowest BCUT2D eigenvalue weighted by Crippen LogP contribution is -2.55. The van der Waals surface area contributed by atoms with Gasteiger partial charge in [-0.15, -0.1) is 0 Å². The number of piperazine rings is 1. The van der Waals surface area contributed by atoms with E-state index in [0.29, 0.717) is 31.7 Å². The maximum atomic E-state index is 15.0. The van der Waals surface area contributed by atoms with Crippen molar-refractivity contribution < 1.29 is 31.5 Å². The summed E-state index contributed by atoms with van der Waals surface area (Å²) < 4.78 is 74.3. The number of aliphatic imine (C=N–C) groups is 1. The molecule has 0 aromatic heterocycles. The molecule has 2 aliphatic heterocycles. The minimum atomic E-state index is -4.59. The number of ether oxygens (including phenoxy) is 1. The zero-order valence-electron chi connectivity index (χ0n) is 21.0. The number of methoxy groups -OCH3 is 1. The number of alkyl halides is 3. The Balaban J connectivity index is 1.57. The minimum Gasteiger partial charge on any atom is -0.469 e. The van der Waals surface area contributed by atoms with Crippen molar-refractivity contribution in [2.75, 3.05) is 43.1 Å². The van der Waals surface area contributed by atoms with Crippen molar-refractivity contribution in [3.63, 3.8) is 0 Å². The average Bonchev–Trinajstić information content (AvgIpc) is 2.93. The van der Waals surface area contributed by atoms with Crippen molar-refractivity contribution in [1.82, 2.24) is 4.90 Å². The van der Waals surface area contributed by atoms with Crippen LogP contribution in [0.3, 0.4) is 0 Å². The molecule has 0 radical (unpaired) electrons. The molecule has 2 heterocycles. The number of hydrogen-bond acceptors (Lipinski definition) is 6. The Bertz CT molecular complexity index is 1390. The molecular formula is C28H25F5N4O2. The SMILES string of the molecule is COC(=O)CC1c2cccc(F)c2N=C(N2CCN(c3ccc(F)cc3)CC2)N1c1cccc(C(F)(F)F)c1. The van der Waals surface area contributed by atoms with Gasteiger partial charge in [0.1, 0.15) is 17.3 Å². The first-order valence-electron chi connectivity index (χ1n) is 12.3. The Kier molecular flexibility index (Phi) is 7.16. The van der Waals surface area contributed by atoms with Gasteiger partial charge >= 0.3 is 12.1 Å². The predicted octanol–water partition coefficient (Wildman–Crippen LogP) is 5.92. The Labute approximate surface area is 221 Å². The summed E-state index contributed by atoms with van der Waals surface area (Å²) in [5, 5.41) is 0. The third kappa shape index (κ3) is 5.39. The summed E-state index contributed by atoms with van der Waals surface area (Å²) in [5.74, 6) is -1.31. The highest BCUT2D eigenvalue weighted by Crippen LogP contribution is 2.43. The highest BCUT2D eigenvalue weighted by Gasteiger charge is 2.39. The average molecular weight is 545 g/mol. The zero-order valence-corrected chi connectivity index (χ0v) is 21.0. The largest absolute Gasteiger partial charge is 0.469 e. The van der Waals surface area contributed by atoms with Gasteiger partial charge in [0.2, 0.25) is 5.96 Å². The van der Waals surface area contributed by atoms with E-state index in [1.165, 1.54) is 43.5 Å². The molecule has 0 saturated carbocycles. The van der Waals surface area contributed by atoms with Crippen LogP contribution in [0.2, 0.25) is 0 Å². The second-order valence-electron chi connectivity index (χ2n) is 9.25. The summed E-state index contributed by atoms with van der Waals surface area (Å²) in [7, 11) is 1.22. The predicted molar refractivity (Wildman–Crippen MR) is 137 cm³/mol. The fourth-order valence-electron chi connectivity index (χ4n) is 4.96. The Morgan fingerprint density at radius 2 is 1.59 bits per heavy atom. The van der Waals surface area contributed by atoms with Crippen LogP contribution in [-0.2, 0) is 15.7 Å². The van der Waals surface area contributed by atoms with Gasteiger partial charge in [0.15, 0.2) is 0 Å². The van der Waals surface area contributed by atoms with Crippen molar-refractivity contribution in [1.29, 1.82) is 0 Å². The van der Waals surface area contributed by atoms with E-state index in [-0.39, 0.29) is 29.6 Å². The van der Waals surface area contributed by atoms with Gasteiger partial charge in [-0.25, -0.2) is 13.8 Å². The molecule has 0 aliphatic carbocycles. The summed E-state index contributed by atoms with van der Waals surface area (Å²) in [4.78, 5) is 22.5. The summed E-state index contributed by atoms with van der Waals surface area (Å²) in [6.45, 7) is 1.82. The van der Waals surface area contributed by atoms with E-state index in [2.05, 4.69) is 9.89 Å². The molecule has 0 bridgehead atoms. The van der Waals surface area contributed by atoms with Crippen LogP contribution in [0.5, 0.6) is 0 Å². The summed E-state index contributed by atoms with van der Waals surface area (Å²) in [6.07, 6.45) is -4.83. The third-order valence-electron chi connectivity index (χ3n) is 6.91. The fourth-order valence-corrected chi connectivity index (χ4v) is 4.96. The van der Waals surface area contributed by atoms with Gasteiger partial charge in [0.25, 0.3) is 0 Å². The lowest BCUT2D eigenvalue weighted by molar-refractivity contribution is -0.141. The zero-order chi connectivity index (χ0) is 27.7. The normalized spacial score (nSPS) is 17.5. The van der Waals surface area contributed by atoms with Crippen molar-refractivity contribution in [3.8, 4) is 0 Å². The van der Waals surface area contributed by atoms with Gasteiger partial charge in [-0.1, -0.05) is 18.2 Å². The van der Waals surface area contributed by atoms with Gasteiger partial charge in [0, 0.05) is 43.1 Å². The fraction of sp³-hybridized carbons (Fsp3) is 0.286. The van der Waals surface area contributed by atoms with Gasteiger partial charge in [-0.2, -0.15) is 13.2 Å². The summed E-state index contributed by atoms with van der Waals surface area (Å²) in [6, 6.07) is 14.3. The summed E-state index contributed by atoms with van der Waals surface area (Å²) in [5.41, 5.74) is 0.532. The number of benzene rings is 3. The lowest BCUT2D eigenvalue weighted by Gasteiger charge is -2.45. The van der Waals surface area contributed by atoms with Crippen molar-refractivity contribution in [2.45, 2.75) is 18.6 Å². The first kappa shape index (κ1) is 26.5. The molecule has 2 aliphatic rings. The molecule has 204 valence electrons. The number of fused-ring (bicyclic) bond motifs is 1. The molecule has 0 N–H and O–H groups in total. The molecule has 5 rings (SSSR count). The number of guanidine groups is 1. The first-order chi connectivity index (χ1) is 18.7. The molecule has 0 amide bonds. The molecule has 3 aromatic carbocycles. The smallest absolute Gasteiger partial charge is 0.416 e. The molecule has 1 atom stereocenters. The van der Waals surface area contributed by atoms with Gasteiger partial charge in [0.05, 0.1) is 25.1 Å². The number of carbonyl (C=O) groups is 1. The molecule has 1 unspecified atom stereocenters. The number of rotatable bonds is 4. The van der Waals surface area contributed by atoms with Gasteiger partial charge in [-0.05, 0) is 48.5 Å². The summed E-state index contributed by atoms with van der Waals surface area (Å²) >= 11 is 0. The van der Waals surface area contributed by atoms with E-state index < -0.39 is 29.6 Å². The molecule has 6 nitrogen and oxygen atoms in total. The lowest BCUT2D eigenvalue weighted by atomic mass is 9.97. The van der Waals surface area contributed by atoms with Crippen LogP contribution in [0.4, 0.5) is 39.0 Å². The van der Waals surface area contributed by atoms with Crippen molar-refractivity contribution in [2.24, 2.45) is 4.99 Å². The van der Waals surface area contributed by atoms with Crippen LogP contribution in [0.1, 0.15) is 23.6 Å². The monoisotopic (exact) mass is 544 g/mol. The second-order valence-corrected chi connectivity index (χ2v) is 9.25. The number of nitrogens with zero attached hydrogens (tertiary/aromatic N) is 4. The van der Waals surface area contributed by atoms with Crippen LogP contribution >= 0.6 is 0 Å². The topological polar surface area (TPSA) is 48.4 Å². The second kappa shape index (κ2) is 10.5. The number of anilines is 2. The van der Waals surface area contributed by atoms with E-state index >= 15 is 4.39 Å². The van der Waals surface area contributed by atoms with E-state index in [1.54, 1.807) is 23.1 Å². The van der Waals surface area contributed by atoms with E-state index in [1.807, 2.05) is 4.90 Å². The molecular weight excluding hydrogens is 519 g/mol. The van der Waals surface area contributed by atoms with Crippen LogP contribution in [-0.4, -0.2) is 50.1 Å². The van der Waals surface area contributed by atoms with Crippen LogP contribution in [0, 0.1) is 11.6 Å². The van der Waals surface area contributed by atoms with Crippen molar-refractivity contribution in [3.05, 3.63) is 89.5 Å². The molecule has 11 heteroatoms. The first-order valence-corrected chi connectivity index (χ1v) is 12.3. The molecule has 0 spiro atoms. The third-order valence-corrected chi connectivity index (χ3v) is 6.91. The number of carbonyl (C=O) groups excluding carboxylic acids is 1. The van der Waals surface area contributed by atoms with E-state index in [9.17, 15) is 22.4 Å². The van der Waals surface area contributed by atoms with Crippen LogP contribution in [0.25, 0.3) is 0 Å². The maximum absolute atomic E-state index is 15.0. The molecule has 3 aromatic rings. The van der Waals surface area contributed by atoms with Crippen LogP contribution < -0.4 is 9.80 Å². The van der Waals surface area contributed by atoms with Gasteiger partial charge in [-0.3, -0.25) is 4.79 Å².